The third-order valence-corrected chi connectivity index (χ3v) is 4.58. The van der Waals surface area contributed by atoms with Crippen LogP contribution in [0.4, 0.5) is 5.69 Å². The maximum absolute atomic E-state index is 12.8. The SMILES string of the molecule is CCNc1cc(Cl)cc(C(=O)NCc2c(-c3ccno3)[nH]c(C)cc2=O)c1C. The van der Waals surface area contributed by atoms with Crippen LogP contribution in [0.2, 0.25) is 5.02 Å². The molecule has 2 heterocycles. The molecule has 0 unspecified atom stereocenters. The normalized spacial score (nSPS) is 10.7. The number of H-pyrrole nitrogens is 1. The number of nitrogens with zero attached hydrogens (tertiary/aromatic N) is 1. The number of hydrogen-bond donors (Lipinski definition) is 3. The number of rotatable bonds is 6. The summed E-state index contributed by atoms with van der Waals surface area (Å²) in [7, 11) is 0. The fourth-order valence-electron chi connectivity index (χ4n) is 3.00. The van der Waals surface area contributed by atoms with Crippen LogP contribution in [0.5, 0.6) is 0 Å². The van der Waals surface area contributed by atoms with Crippen LogP contribution in [-0.4, -0.2) is 22.6 Å². The summed E-state index contributed by atoms with van der Waals surface area (Å²) in [5, 5.41) is 10.1. The standard InChI is InChI=1S/C20H21ClN4O3/c1-4-22-16-9-13(21)8-14(12(16)3)20(27)23-10-15-17(26)7-11(2)25-19(15)18-5-6-24-28-18/h5-9,22H,4,10H2,1-3H3,(H,23,27)(H,25,26). The Hall–Kier alpha value is -3.06. The number of anilines is 1. The molecule has 0 saturated heterocycles. The predicted octanol–water partition coefficient (Wildman–Crippen LogP) is 3.66. The van der Waals surface area contributed by atoms with Gasteiger partial charge in [0.05, 0.1) is 11.9 Å². The van der Waals surface area contributed by atoms with Crippen LogP contribution in [0.25, 0.3) is 11.5 Å². The molecule has 0 aliphatic rings. The molecule has 3 aromatic rings. The minimum Gasteiger partial charge on any atom is -0.385 e. The van der Waals surface area contributed by atoms with Gasteiger partial charge in [0.2, 0.25) is 0 Å². The minimum atomic E-state index is -0.317. The van der Waals surface area contributed by atoms with Crippen molar-refractivity contribution in [1.29, 1.82) is 0 Å². The third-order valence-electron chi connectivity index (χ3n) is 4.36. The van der Waals surface area contributed by atoms with E-state index in [1.54, 1.807) is 25.1 Å². The van der Waals surface area contributed by atoms with Crippen molar-refractivity contribution in [2.24, 2.45) is 0 Å². The van der Waals surface area contributed by atoms with Crippen molar-refractivity contribution in [3.63, 3.8) is 0 Å². The third kappa shape index (κ3) is 4.09. The van der Waals surface area contributed by atoms with E-state index in [1.165, 1.54) is 12.3 Å². The number of pyridine rings is 1. The number of halogens is 1. The van der Waals surface area contributed by atoms with Gasteiger partial charge in [-0.25, -0.2) is 0 Å². The summed E-state index contributed by atoms with van der Waals surface area (Å²) in [5.41, 5.74) is 3.42. The lowest BCUT2D eigenvalue weighted by atomic mass is 10.1. The van der Waals surface area contributed by atoms with E-state index >= 15 is 0 Å². The van der Waals surface area contributed by atoms with E-state index in [0.29, 0.717) is 39.8 Å². The highest BCUT2D eigenvalue weighted by molar-refractivity contribution is 6.31. The van der Waals surface area contributed by atoms with Crippen molar-refractivity contribution >= 4 is 23.2 Å². The smallest absolute Gasteiger partial charge is 0.251 e. The molecule has 8 heteroatoms. The van der Waals surface area contributed by atoms with Gasteiger partial charge in [-0.05, 0) is 38.5 Å². The molecule has 2 aromatic heterocycles. The van der Waals surface area contributed by atoms with Gasteiger partial charge in [-0.2, -0.15) is 0 Å². The maximum atomic E-state index is 12.8. The topological polar surface area (TPSA) is 100 Å². The van der Waals surface area contributed by atoms with Crippen LogP contribution in [-0.2, 0) is 6.54 Å². The fourth-order valence-corrected chi connectivity index (χ4v) is 3.22. The molecule has 0 fully saturated rings. The Labute approximate surface area is 167 Å². The van der Waals surface area contributed by atoms with Crippen LogP contribution in [0.3, 0.4) is 0 Å². The lowest BCUT2D eigenvalue weighted by Gasteiger charge is -2.14. The molecule has 0 radical (unpaired) electrons. The summed E-state index contributed by atoms with van der Waals surface area (Å²) in [6.07, 6.45) is 1.50. The Morgan fingerprint density at radius 1 is 1.29 bits per heavy atom. The summed E-state index contributed by atoms with van der Waals surface area (Å²) in [6, 6.07) is 6.53. The zero-order valence-electron chi connectivity index (χ0n) is 15.9. The Kier molecular flexibility index (Phi) is 5.84. The monoisotopic (exact) mass is 400 g/mol. The first-order valence-corrected chi connectivity index (χ1v) is 9.24. The van der Waals surface area contributed by atoms with Crippen LogP contribution in [0.15, 0.2) is 39.8 Å². The number of carbonyl (C=O) groups is 1. The molecule has 146 valence electrons. The lowest BCUT2D eigenvalue weighted by Crippen LogP contribution is -2.27. The summed E-state index contributed by atoms with van der Waals surface area (Å²) < 4.78 is 5.18. The zero-order valence-corrected chi connectivity index (χ0v) is 16.6. The Balaban J connectivity index is 1.90. The predicted molar refractivity (Wildman–Crippen MR) is 109 cm³/mol. The summed E-state index contributed by atoms with van der Waals surface area (Å²) in [5.74, 6) is 0.112. The fraction of sp³-hybridized carbons (Fsp3) is 0.250. The number of aromatic nitrogens is 2. The first-order chi connectivity index (χ1) is 13.4. The van der Waals surface area contributed by atoms with Crippen molar-refractivity contribution in [2.75, 3.05) is 11.9 Å². The molecule has 0 aliphatic carbocycles. The van der Waals surface area contributed by atoms with Gasteiger partial charge in [0.15, 0.2) is 11.2 Å². The molecule has 3 N–H and O–H groups in total. The maximum Gasteiger partial charge on any atom is 0.251 e. The first-order valence-electron chi connectivity index (χ1n) is 8.86. The number of hydrogen-bond acceptors (Lipinski definition) is 5. The van der Waals surface area contributed by atoms with Crippen LogP contribution in [0, 0.1) is 13.8 Å². The van der Waals surface area contributed by atoms with Gasteiger partial charge in [0, 0.05) is 52.8 Å². The van der Waals surface area contributed by atoms with Crippen LogP contribution < -0.4 is 16.1 Å². The molecule has 0 spiro atoms. The van der Waals surface area contributed by atoms with E-state index in [-0.39, 0.29) is 17.9 Å². The quantitative estimate of drug-likeness (QED) is 0.586. The van der Waals surface area contributed by atoms with Gasteiger partial charge in [0.25, 0.3) is 5.91 Å². The second-order valence-corrected chi connectivity index (χ2v) is 6.82. The molecule has 28 heavy (non-hydrogen) atoms. The van der Waals surface area contributed by atoms with Crippen molar-refractivity contribution in [1.82, 2.24) is 15.5 Å². The van der Waals surface area contributed by atoms with E-state index in [2.05, 4.69) is 20.8 Å². The molecule has 7 nitrogen and oxygen atoms in total. The van der Waals surface area contributed by atoms with Crippen molar-refractivity contribution < 1.29 is 9.32 Å². The minimum absolute atomic E-state index is 0.0347. The van der Waals surface area contributed by atoms with Gasteiger partial charge in [-0.15, -0.1) is 0 Å². The average molecular weight is 401 g/mol. The molecule has 1 aromatic carbocycles. The molecule has 3 rings (SSSR count). The van der Waals surface area contributed by atoms with E-state index in [4.69, 9.17) is 16.1 Å². The molecule has 0 saturated carbocycles. The van der Waals surface area contributed by atoms with Gasteiger partial charge in [-0.3, -0.25) is 9.59 Å². The number of aromatic amines is 1. The number of benzene rings is 1. The van der Waals surface area contributed by atoms with Crippen molar-refractivity contribution in [3.05, 3.63) is 68.1 Å². The molecular formula is C20H21ClN4O3. The lowest BCUT2D eigenvalue weighted by molar-refractivity contribution is 0.0950. The molecule has 1 amide bonds. The number of nitrogens with one attached hydrogen (secondary N) is 3. The number of aryl methyl sites for hydroxylation is 1. The molecule has 0 bridgehead atoms. The molecular weight excluding hydrogens is 380 g/mol. The first kappa shape index (κ1) is 19.7. The van der Waals surface area contributed by atoms with Crippen LogP contribution >= 0.6 is 11.6 Å². The van der Waals surface area contributed by atoms with E-state index in [1.807, 2.05) is 13.8 Å². The largest absolute Gasteiger partial charge is 0.385 e. The number of carbonyl (C=O) groups excluding carboxylic acids is 1. The highest BCUT2D eigenvalue weighted by atomic mass is 35.5. The Morgan fingerprint density at radius 2 is 2.07 bits per heavy atom. The summed E-state index contributed by atoms with van der Waals surface area (Å²) >= 11 is 6.16. The second-order valence-electron chi connectivity index (χ2n) is 6.39. The Morgan fingerprint density at radius 3 is 2.75 bits per heavy atom. The average Bonchev–Trinajstić information content (AvgIpc) is 3.17. The highest BCUT2D eigenvalue weighted by Gasteiger charge is 2.17. The highest BCUT2D eigenvalue weighted by Crippen LogP contribution is 2.25. The van der Waals surface area contributed by atoms with Gasteiger partial charge in [0.1, 0.15) is 0 Å². The van der Waals surface area contributed by atoms with Crippen molar-refractivity contribution in [3.8, 4) is 11.5 Å². The molecule has 0 aliphatic heterocycles. The van der Waals surface area contributed by atoms with Gasteiger partial charge >= 0.3 is 0 Å². The van der Waals surface area contributed by atoms with Gasteiger partial charge in [-0.1, -0.05) is 16.8 Å². The van der Waals surface area contributed by atoms with Crippen molar-refractivity contribution in [2.45, 2.75) is 27.3 Å². The zero-order chi connectivity index (χ0) is 20.3. The molecule has 0 atom stereocenters. The summed E-state index contributed by atoms with van der Waals surface area (Å²) in [6.45, 7) is 6.34. The Bertz CT molecular complexity index is 1060. The van der Waals surface area contributed by atoms with Gasteiger partial charge < -0.3 is 20.1 Å². The second kappa shape index (κ2) is 8.31. The van der Waals surface area contributed by atoms with E-state index < -0.39 is 0 Å². The van der Waals surface area contributed by atoms with E-state index in [9.17, 15) is 9.59 Å². The summed E-state index contributed by atoms with van der Waals surface area (Å²) in [4.78, 5) is 28.4. The van der Waals surface area contributed by atoms with E-state index in [0.717, 1.165) is 11.3 Å². The number of amides is 1. The van der Waals surface area contributed by atoms with Crippen LogP contribution in [0.1, 0.15) is 34.1 Å².